The second-order valence-corrected chi connectivity index (χ2v) is 4.70. The van der Waals surface area contributed by atoms with Gasteiger partial charge in [0.05, 0.1) is 17.2 Å². The predicted molar refractivity (Wildman–Crippen MR) is 80.4 cm³/mol. The molecule has 0 unspecified atom stereocenters. The smallest absolute Gasteiger partial charge is 0.252 e. The molecule has 2 heterocycles. The van der Waals surface area contributed by atoms with Crippen molar-refractivity contribution >= 4 is 28.6 Å². The SMILES string of the molecule is COCCNc1ncnc2oc(-c3ccccc3Cl)nc12. The van der Waals surface area contributed by atoms with Gasteiger partial charge in [-0.05, 0) is 12.1 Å². The van der Waals surface area contributed by atoms with Gasteiger partial charge in [0.1, 0.15) is 6.33 Å². The molecule has 0 radical (unpaired) electrons. The Kier molecular flexibility index (Phi) is 3.98. The number of methoxy groups -OCH3 is 1. The molecular weight excluding hydrogens is 292 g/mol. The van der Waals surface area contributed by atoms with Crippen LogP contribution in [0.15, 0.2) is 35.0 Å². The van der Waals surface area contributed by atoms with Gasteiger partial charge in [-0.2, -0.15) is 4.98 Å². The zero-order chi connectivity index (χ0) is 14.7. The Morgan fingerprint density at radius 2 is 2.14 bits per heavy atom. The van der Waals surface area contributed by atoms with Crippen molar-refractivity contribution in [1.82, 2.24) is 15.0 Å². The van der Waals surface area contributed by atoms with E-state index in [0.29, 0.717) is 41.1 Å². The molecule has 0 bridgehead atoms. The topological polar surface area (TPSA) is 73.1 Å². The van der Waals surface area contributed by atoms with E-state index in [2.05, 4.69) is 20.3 Å². The van der Waals surface area contributed by atoms with Crippen molar-refractivity contribution in [3.05, 3.63) is 35.6 Å². The van der Waals surface area contributed by atoms with Gasteiger partial charge in [-0.1, -0.05) is 23.7 Å². The van der Waals surface area contributed by atoms with Crippen LogP contribution in [-0.4, -0.2) is 35.2 Å². The summed E-state index contributed by atoms with van der Waals surface area (Å²) < 4.78 is 10.7. The van der Waals surface area contributed by atoms with Crippen molar-refractivity contribution in [2.75, 3.05) is 25.6 Å². The third kappa shape index (κ3) is 2.81. The number of aromatic nitrogens is 3. The molecule has 0 amide bonds. The quantitative estimate of drug-likeness (QED) is 0.731. The molecule has 0 atom stereocenters. The van der Waals surface area contributed by atoms with Crippen LogP contribution in [0.1, 0.15) is 0 Å². The first-order valence-electron chi connectivity index (χ1n) is 6.39. The van der Waals surface area contributed by atoms with E-state index in [9.17, 15) is 0 Å². The van der Waals surface area contributed by atoms with E-state index in [1.807, 2.05) is 18.2 Å². The molecular formula is C14H13ClN4O2. The first-order chi connectivity index (χ1) is 10.3. The van der Waals surface area contributed by atoms with Gasteiger partial charge in [0.2, 0.25) is 5.89 Å². The van der Waals surface area contributed by atoms with E-state index < -0.39 is 0 Å². The zero-order valence-corrected chi connectivity index (χ0v) is 12.1. The summed E-state index contributed by atoms with van der Waals surface area (Å²) in [6, 6.07) is 7.36. The number of oxazole rings is 1. The Morgan fingerprint density at radius 3 is 2.95 bits per heavy atom. The monoisotopic (exact) mass is 304 g/mol. The molecule has 0 fully saturated rings. The number of anilines is 1. The van der Waals surface area contributed by atoms with Crippen molar-refractivity contribution in [3.63, 3.8) is 0 Å². The molecule has 6 nitrogen and oxygen atoms in total. The highest BCUT2D eigenvalue weighted by atomic mass is 35.5. The maximum atomic E-state index is 6.16. The summed E-state index contributed by atoms with van der Waals surface area (Å²) >= 11 is 6.16. The number of nitrogens with zero attached hydrogens (tertiary/aromatic N) is 3. The van der Waals surface area contributed by atoms with Crippen molar-refractivity contribution in [2.45, 2.75) is 0 Å². The van der Waals surface area contributed by atoms with Crippen LogP contribution in [0.25, 0.3) is 22.7 Å². The molecule has 1 aromatic carbocycles. The summed E-state index contributed by atoms with van der Waals surface area (Å²) in [6.45, 7) is 1.19. The summed E-state index contributed by atoms with van der Waals surface area (Å²) in [6.07, 6.45) is 1.43. The maximum absolute atomic E-state index is 6.16. The van der Waals surface area contributed by atoms with Gasteiger partial charge in [-0.25, -0.2) is 9.97 Å². The second kappa shape index (κ2) is 6.07. The minimum Gasteiger partial charge on any atom is -0.417 e. The van der Waals surface area contributed by atoms with Crippen molar-refractivity contribution < 1.29 is 9.15 Å². The summed E-state index contributed by atoms with van der Waals surface area (Å²) in [4.78, 5) is 12.7. The van der Waals surface area contributed by atoms with Crippen LogP contribution < -0.4 is 5.32 Å². The van der Waals surface area contributed by atoms with Crippen LogP contribution >= 0.6 is 11.6 Å². The number of rotatable bonds is 5. The van der Waals surface area contributed by atoms with Crippen LogP contribution in [0.2, 0.25) is 5.02 Å². The fraction of sp³-hybridized carbons (Fsp3) is 0.214. The molecule has 2 aromatic heterocycles. The molecule has 0 aliphatic rings. The minimum absolute atomic E-state index is 0.417. The molecule has 0 aliphatic heterocycles. The highest BCUT2D eigenvalue weighted by Gasteiger charge is 2.15. The minimum atomic E-state index is 0.417. The third-order valence-corrected chi connectivity index (χ3v) is 3.23. The van der Waals surface area contributed by atoms with Crippen molar-refractivity contribution in [1.29, 1.82) is 0 Å². The van der Waals surface area contributed by atoms with Crippen LogP contribution in [0.3, 0.4) is 0 Å². The Balaban J connectivity index is 2.00. The molecule has 0 aliphatic carbocycles. The summed E-state index contributed by atoms with van der Waals surface area (Å²) in [5.41, 5.74) is 1.71. The Morgan fingerprint density at radius 1 is 1.29 bits per heavy atom. The van der Waals surface area contributed by atoms with E-state index in [4.69, 9.17) is 20.8 Å². The normalized spacial score (nSPS) is 11.0. The van der Waals surface area contributed by atoms with Gasteiger partial charge in [-0.3, -0.25) is 0 Å². The van der Waals surface area contributed by atoms with E-state index in [0.717, 1.165) is 5.56 Å². The molecule has 108 valence electrons. The molecule has 7 heteroatoms. The van der Waals surface area contributed by atoms with Gasteiger partial charge in [0.25, 0.3) is 5.71 Å². The average Bonchev–Trinajstić information content (AvgIpc) is 2.92. The Bertz CT molecular complexity index is 760. The van der Waals surface area contributed by atoms with Gasteiger partial charge < -0.3 is 14.5 Å². The molecule has 0 saturated heterocycles. The highest BCUT2D eigenvalue weighted by molar-refractivity contribution is 6.33. The molecule has 0 spiro atoms. The fourth-order valence-corrected chi connectivity index (χ4v) is 2.12. The highest BCUT2D eigenvalue weighted by Crippen LogP contribution is 2.30. The van der Waals surface area contributed by atoms with Crippen LogP contribution in [0.4, 0.5) is 5.82 Å². The number of ether oxygens (including phenoxy) is 1. The van der Waals surface area contributed by atoms with E-state index >= 15 is 0 Å². The maximum Gasteiger partial charge on any atom is 0.252 e. The second-order valence-electron chi connectivity index (χ2n) is 4.29. The summed E-state index contributed by atoms with van der Waals surface area (Å²) in [5, 5.41) is 3.71. The van der Waals surface area contributed by atoms with Crippen molar-refractivity contribution in [2.24, 2.45) is 0 Å². The number of halogens is 1. The summed E-state index contributed by atoms with van der Waals surface area (Å²) in [7, 11) is 1.64. The molecule has 3 rings (SSSR count). The van der Waals surface area contributed by atoms with Gasteiger partial charge in [0.15, 0.2) is 11.3 Å². The lowest BCUT2D eigenvalue weighted by atomic mass is 10.2. The number of nitrogens with one attached hydrogen (secondary N) is 1. The first-order valence-corrected chi connectivity index (χ1v) is 6.76. The van der Waals surface area contributed by atoms with Crippen LogP contribution in [0.5, 0.6) is 0 Å². The Labute approximate surface area is 126 Å². The lowest BCUT2D eigenvalue weighted by Crippen LogP contribution is -2.09. The fourth-order valence-electron chi connectivity index (χ4n) is 1.90. The van der Waals surface area contributed by atoms with E-state index in [-0.39, 0.29) is 0 Å². The number of hydrogen-bond acceptors (Lipinski definition) is 6. The van der Waals surface area contributed by atoms with E-state index in [1.165, 1.54) is 6.33 Å². The first kappa shape index (κ1) is 13.8. The average molecular weight is 305 g/mol. The third-order valence-electron chi connectivity index (χ3n) is 2.90. The van der Waals surface area contributed by atoms with Crippen molar-refractivity contribution in [3.8, 4) is 11.5 Å². The molecule has 21 heavy (non-hydrogen) atoms. The predicted octanol–water partition coefficient (Wildman–Crippen LogP) is 3.00. The van der Waals surface area contributed by atoms with Crippen LogP contribution in [0, 0.1) is 0 Å². The van der Waals surface area contributed by atoms with E-state index in [1.54, 1.807) is 13.2 Å². The lowest BCUT2D eigenvalue weighted by Gasteiger charge is -2.03. The molecule has 0 saturated carbocycles. The number of fused-ring (bicyclic) bond motifs is 1. The van der Waals surface area contributed by atoms with Gasteiger partial charge in [-0.15, -0.1) is 0 Å². The molecule has 1 N–H and O–H groups in total. The van der Waals surface area contributed by atoms with Crippen LogP contribution in [-0.2, 0) is 4.74 Å². The lowest BCUT2D eigenvalue weighted by molar-refractivity contribution is 0.210. The Hall–Kier alpha value is -2.18. The number of benzene rings is 1. The molecule has 3 aromatic rings. The summed E-state index contributed by atoms with van der Waals surface area (Å²) in [5.74, 6) is 1.03. The standard InChI is InChI=1S/C14H13ClN4O2/c1-20-7-6-16-12-11-14(18-8-17-12)21-13(19-11)9-4-2-3-5-10(9)15/h2-5,8H,6-7H2,1H3,(H,16,17,18). The van der Waals surface area contributed by atoms with Gasteiger partial charge in [0, 0.05) is 13.7 Å². The number of hydrogen-bond donors (Lipinski definition) is 1. The zero-order valence-electron chi connectivity index (χ0n) is 11.3. The largest absolute Gasteiger partial charge is 0.417 e. The van der Waals surface area contributed by atoms with Gasteiger partial charge >= 0.3 is 0 Å².